The normalized spacial score (nSPS) is 9.84. The van der Waals surface area contributed by atoms with E-state index < -0.39 is 0 Å². The lowest BCUT2D eigenvalue weighted by Crippen LogP contribution is -1.97. The second-order valence-corrected chi connectivity index (χ2v) is 5.42. The topological polar surface area (TPSA) is 67.2 Å². The molecule has 0 radical (unpaired) electrons. The Labute approximate surface area is 156 Å². The van der Waals surface area contributed by atoms with Crippen molar-refractivity contribution in [3.8, 4) is 17.6 Å². The number of rotatable bonds is 4. The first kappa shape index (κ1) is 18.7. The standard InChI is InChI=1S/C18H14ClN3O2.ClH/c1-23-13-4-5-16-14(8-13)18(11(9-20)10-21-16)22-12-3-6-17(24-2)15(19)7-12;/h3-8,10H,1-2H3,(H,21,22);1H. The molecular formula is C18H15Cl2N3O2. The third kappa shape index (κ3) is 3.71. The molecule has 0 bridgehead atoms. The fourth-order valence-electron chi connectivity index (χ4n) is 2.41. The summed E-state index contributed by atoms with van der Waals surface area (Å²) in [6.07, 6.45) is 1.54. The molecule has 1 N–H and O–H groups in total. The van der Waals surface area contributed by atoms with Crippen LogP contribution in [0, 0.1) is 11.3 Å². The zero-order chi connectivity index (χ0) is 17.1. The van der Waals surface area contributed by atoms with Crippen LogP contribution in [0.2, 0.25) is 5.02 Å². The summed E-state index contributed by atoms with van der Waals surface area (Å²) in [6.45, 7) is 0. The summed E-state index contributed by atoms with van der Waals surface area (Å²) in [5.74, 6) is 1.28. The molecule has 1 heterocycles. The van der Waals surface area contributed by atoms with Crippen molar-refractivity contribution in [3.63, 3.8) is 0 Å². The van der Waals surface area contributed by atoms with Gasteiger partial charge >= 0.3 is 0 Å². The van der Waals surface area contributed by atoms with E-state index in [1.807, 2.05) is 24.3 Å². The molecule has 0 amide bonds. The first-order chi connectivity index (χ1) is 11.7. The van der Waals surface area contributed by atoms with Crippen molar-refractivity contribution in [1.29, 1.82) is 5.26 Å². The van der Waals surface area contributed by atoms with Crippen molar-refractivity contribution < 1.29 is 9.47 Å². The van der Waals surface area contributed by atoms with Gasteiger partial charge in [-0.2, -0.15) is 5.26 Å². The number of hydrogen-bond acceptors (Lipinski definition) is 5. The molecule has 0 aliphatic carbocycles. The molecule has 3 aromatic rings. The SMILES string of the molecule is COc1ccc2ncc(C#N)c(Nc3ccc(OC)c(Cl)c3)c2c1.Cl. The molecule has 0 saturated carbocycles. The minimum Gasteiger partial charge on any atom is -0.497 e. The number of ether oxygens (including phenoxy) is 2. The molecule has 2 aromatic carbocycles. The highest BCUT2D eigenvalue weighted by Gasteiger charge is 2.11. The van der Waals surface area contributed by atoms with Crippen LogP contribution in [0.25, 0.3) is 10.9 Å². The Bertz CT molecular complexity index is 955. The molecule has 0 aliphatic rings. The van der Waals surface area contributed by atoms with Gasteiger partial charge in [0.05, 0.1) is 36.0 Å². The van der Waals surface area contributed by atoms with Crippen LogP contribution in [-0.4, -0.2) is 19.2 Å². The third-order valence-corrected chi connectivity index (χ3v) is 3.91. The molecule has 128 valence electrons. The van der Waals surface area contributed by atoms with Crippen LogP contribution in [0.4, 0.5) is 11.4 Å². The molecular weight excluding hydrogens is 361 g/mol. The number of halogens is 2. The monoisotopic (exact) mass is 375 g/mol. The van der Waals surface area contributed by atoms with Crippen molar-refractivity contribution in [2.75, 3.05) is 19.5 Å². The Morgan fingerprint density at radius 1 is 1.12 bits per heavy atom. The highest BCUT2D eigenvalue weighted by molar-refractivity contribution is 6.32. The first-order valence-corrected chi connectivity index (χ1v) is 7.51. The van der Waals surface area contributed by atoms with Crippen LogP contribution < -0.4 is 14.8 Å². The van der Waals surface area contributed by atoms with Gasteiger partial charge in [0.1, 0.15) is 17.6 Å². The number of methoxy groups -OCH3 is 2. The summed E-state index contributed by atoms with van der Waals surface area (Å²) in [7, 11) is 3.16. The van der Waals surface area contributed by atoms with Gasteiger partial charge in [0, 0.05) is 17.3 Å². The van der Waals surface area contributed by atoms with Gasteiger partial charge in [-0.1, -0.05) is 11.6 Å². The molecule has 0 saturated heterocycles. The number of fused-ring (bicyclic) bond motifs is 1. The van der Waals surface area contributed by atoms with Gasteiger partial charge in [-0.25, -0.2) is 0 Å². The van der Waals surface area contributed by atoms with Crippen LogP contribution in [0.15, 0.2) is 42.6 Å². The van der Waals surface area contributed by atoms with Gasteiger partial charge in [-0.15, -0.1) is 12.4 Å². The van der Waals surface area contributed by atoms with Crippen molar-refractivity contribution in [1.82, 2.24) is 4.98 Å². The number of pyridine rings is 1. The van der Waals surface area contributed by atoms with Crippen LogP contribution in [0.3, 0.4) is 0 Å². The molecule has 25 heavy (non-hydrogen) atoms. The van der Waals surface area contributed by atoms with Gasteiger partial charge < -0.3 is 14.8 Å². The summed E-state index contributed by atoms with van der Waals surface area (Å²) in [5.41, 5.74) is 2.59. The maximum atomic E-state index is 9.41. The van der Waals surface area contributed by atoms with E-state index in [4.69, 9.17) is 21.1 Å². The lowest BCUT2D eigenvalue weighted by atomic mass is 10.1. The third-order valence-electron chi connectivity index (χ3n) is 3.62. The maximum Gasteiger partial charge on any atom is 0.137 e. The summed E-state index contributed by atoms with van der Waals surface area (Å²) in [5, 5.41) is 13.9. The van der Waals surface area contributed by atoms with Crippen molar-refractivity contribution in [2.24, 2.45) is 0 Å². The average Bonchev–Trinajstić information content (AvgIpc) is 2.61. The fourth-order valence-corrected chi connectivity index (χ4v) is 2.66. The van der Waals surface area contributed by atoms with Crippen LogP contribution in [-0.2, 0) is 0 Å². The van der Waals surface area contributed by atoms with Crippen LogP contribution >= 0.6 is 24.0 Å². The van der Waals surface area contributed by atoms with Crippen LogP contribution in [0.5, 0.6) is 11.5 Å². The van der Waals surface area contributed by atoms with Gasteiger partial charge in [0.15, 0.2) is 0 Å². The number of nitrogens with zero attached hydrogens (tertiary/aromatic N) is 2. The Morgan fingerprint density at radius 2 is 1.92 bits per heavy atom. The summed E-state index contributed by atoms with van der Waals surface area (Å²) >= 11 is 6.17. The van der Waals surface area contributed by atoms with Crippen molar-refractivity contribution in [3.05, 3.63) is 53.2 Å². The predicted octanol–water partition coefficient (Wildman–Crippen LogP) is 4.94. The van der Waals surface area contributed by atoms with Gasteiger partial charge in [-0.05, 0) is 36.4 Å². The Morgan fingerprint density at radius 3 is 2.56 bits per heavy atom. The zero-order valence-electron chi connectivity index (χ0n) is 13.5. The molecule has 7 heteroatoms. The van der Waals surface area contributed by atoms with E-state index >= 15 is 0 Å². The summed E-state index contributed by atoms with van der Waals surface area (Å²) < 4.78 is 10.4. The van der Waals surface area contributed by atoms with E-state index in [-0.39, 0.29) is 12.4 Å². The second-order valence-electron chi connectivity index (χ2n) is 5.02. The average molecular weight is 376 g/mol. The van der Waals surface area contributed by atoms with Crippen molar-refractivity contribution >= 4 is 46.3 Å². The number of hydrogen-bond donors (Lipinski definition) is 1. The Hall–Kier alpha value is -2.68. The van der Waals surface area contributed by atoms with Crippen molar-refractivity contribution in [2.45, 2.75) is 0 Å². The van der Waals surface area contributed by atoms with E-state index in [9.17, 15) is 5.26 Å². The molecule has 0 spiro atoms. The van der Waals surface area contributed by atoms with Gasteiger partial charge in [-0.3, -0.25) is 4.98 Å². The molecule has 1 aromatic heterocycles. The van der Waals surface area contributed by atoms with E-state index in [2.05, 4.69) is 16.4 Å². The smallest absolute Gasteiger partial charge is 0.137 e. The Balaban J connectivity index is 0.00000225. The van der Waals surface area contributed by atoms with Crippen LogP contribution in [0.1, 0.15) is 5.56 Å². The number of nitriles is 1. The minimum absolute atomic E-state index is 0. The minimum atomic E-state index is 0. The molecule has 0 fully saturated rings. The molecule has 5 nitrogen and oxygen atoms in total. The number of anilines is 2. The molecule has 0 atom stereocenters. The van der Waals surface area contributed by atoms with Gasteiger partial charge in [0.25, 0.3) is 0 Å². The number of nitrogens with one attached hydrogen (secondary N) is 1. The molecule has 0 unspecified atom stereocenters. The van der Waals surface area contributed by atoms with E-state index in [0.29, 0.717) is 27.8 Å². The van der Waals surface area contributed by atoms with Gasteiger partial charge in [0.2, 0.25) is 0 Å². The quantitative estimate of drug-likeness (QED) is 0.698. The lowest BCUT2D eigenvalue weighted by molar-refractivity contribution is 0.415. The zero-order valence-corrected chi connectivity index (χ0v) is 15.1. The maximum absolute atomic E-state index is 9.41. The molecule has 3 rings (SSSR count). The first-order valence-electron chi connectivity index (χ1n) is 7.13. The predicted molar refractivity (Wildman–Crippen MR) is 102 cm³/mol. The van der Waals surface area contributed by atoms with E-state index in [1.165, 1.54) is 0 Å². The molecule has 0 aliphatic heterocycles. The number of aromatic nitrogens is 1. The second kappa shape index (κ2) is 7.93. The Kier molecular flexibility index (Phi) is 5.92. The summed E-state index contributed by atoms with van der Waals surface area (Å²) in [6, 6.07) is 13.0. The highest BCUT2D eigenvalue weighted by atomic mass is 35.5. The summed E-state index contributed by atoms with van der Waals surface area (Å²) in [4.78, 5) is 4.31. The lowest BCUT2D eigenvalue weighted by Gasteiger charge is -2.13. The number of benzene rings is 2. The fraction of sp³-hybridized carbons (Fsp3) is 0.111. The van der Waals surface area contributed by atoms with E-state index in [0.717, 1.165) is 16.6 Å². The highest BCUT2D eigenvalue weighted by Crippen LogP contribution is 2.33. The van der Waals surface area contributed by atoms with E-state index in [1.54, 1.807) is 32.5 Å². The largest absolute Gasteiger partial charge is 0.497 e.